The lowest BCUT2D eigenvalue weighted by Crippen LogP contribution is -2.60. The quantitative estimate of drug-likeness (QED) is 0.0195. The number of ether oxygens (including phenoxy) is 3. The summed E-state index contributed by atoms with van der Waals surface area (Å²) in [6.45, 7) is 4.33. The van der Waals surface area contributed by atoms with Crippen LogP contribution in [0.25, 0.3) is 0 Å². The summed E-state index contributed by atoms with van der Waals surface area (Å²) < 4.78 is 16.7. The summed E-state index contributed by atoms with van der Waals surface area (Å²) in [5.41, 5.74) is 0. The molecule has 6 N–H and O–H groups in total. The second-order valence-corrected chi connectivity index (χ2v) is 26.0. The molecule has 0 aromatic rings. The third-order valence-corrected chi connectivity index (χ3v) is 17.7. The molecule has 1 heterocycles. The molecule has 1 amide bonds. The zero-order chi connectivity index (χ0) is 62.3. The number of carbonyl (C=O) groups excluding carboxylic acids is 2. The molecule has 0 bridgehead atoms. The Kier molecular flexibility index (Phi) is 61.3. The monoisotopic (exact) mass is 1220 g/mol. The Labute approximate surface area is 530 Å². The Morgan fingerprint density at radius 2 is 0.756 bits per heavy atom. The number of allylic oxidation sites excluding steroid dienone is 5. The Morgan fingerprint density at radius 3 is 1.16 bits per heavy atom. The maximum absolute atomic E-state index is 13.0. The van der Waals surface area contributed by atoms with Gasteiger partial charge in [-0.05, 0) is 70.6 Å². The lowest BCUT2D eigenvalue weighted by Gasteiger charge is -2.40. The number of carbonyl (C=O) groups is 2. The molecule has 1 aliphatic heterocycles. The van der Waals surface area contributed by atoms with Crippen molar-refractivity contribution in [2.24, 2.45) is 0 Å². The zero-order valence-electron chi connectivity index (χ0n) is 56.3. The van der Waals surface area contributed by atoms with Gasteiger partial charge in [0.1, 0.15) is 24.4 Å². The Morgan fingerprint density at radius 1 is 0.419 bits per heavy atom. The number of amides is 1. The summed E-state index contributed by atoms with van der Waals surface area (Å²) in [5.74, 6) is -0.173. The average molecular weight is 1220 g/mol. The van der Waals surface area contributed by atoms with Gasteiger partial charge in [-0.3, -0.25) is 9.59 Å². The first kappa shape index (κ1) is 81.9. The highest BCUT2D eigenvalue weighted by molar-refractivity contribution is 5.76. The van der Waals surface area contributed by atoms with E-state index in [1.54, 1.807) is 6.08 Å². The van der Waals surface area contributed by atoms with Gasteiger partial charge in [0, 0.05) is 12.8 Å². The molecule has 11 nitrogen and oxygen atoms in total. The van der Waals surface area contributed by atoms with Crippen molar-refractivity contribution in [3.63, 3.8) is 0 Å². The van der Waals surface area contributed by atoms with Crippen molar-refractivity contribution in [1.29, 1.82) is 0 Å². The van der Waals surface area contributed by atoms with Crippen LogP contribution in [0.2, 0.25) is 0 Å². The molecule has 0 aromatic carbocycles. The molecule has 7 unspecified atom stereocenters. The molecular weight excluding hydrogens is 1070 g/mol. The van der Waals surface area contributed by atoms with Crippen LogP contribution in [0.3, 0.4) is 0 Å². The molecular formula is C75H141NO10. The Hall–Kier alpha value is -2.12. The fourth-order valence-electron chi connectivity index (χ4n) is 11.9. The topological polar surface area (TPSA) is 175 Å². The summed E-state index contributed by atoms with van der Waals surface area (Å²) >= 11 is 0. The number of aliphatic hydroxyl groups excluding tert-OH is 5. The molecule has 1 aliphatic rings. The number of esters is 1. The first-order valence-corrected chi connectivity index (χ1v) is 37.3. The van der Waals surface area contributed by atoms with Crippen molar-refractivity contribution in [3.8, 4) is 0 Å². The van der Waals surface area contributed by atoms with Gasteiger partial charge < -0.3 is 45.1 Å². The van der Waals surface area contributed by atoms with E-state index < -0.39 is 49.5 Å². The first-order valence-electron chi connectivity index (χ1n) is 37.3. The predicted octanol–water partition coefficient (Wildman–Crippen LogP) is 19.4. The van der Waals surface area contributed by atoms with E-state index in [4.69, 9.17) is 14.2 Å². The van der Waals surface area contributed by atoms with E-state index in [-0.39, 0.29) is 18.5 Å². The van der Waals surface area contributed by atoms with E-state index in [1.807, 2.05) is 6.08 Å². The number of nitrogens with one attached hydrogen (secondary N) is 1. The number of hydrogen-bond donors (Lipinski definition) is 6. The molecule has 7 atom stereocenters. The highest BCUT2D eigenvalue weighted by Crippen LogP contribution is 2.23. The summed E-state index contributed by atoms with van der Waals surface area (Å²) in [4.78, 5) is 25.1. The Bertz CT molecular complexity index is 1520. The van der Waals surface area contributed by atoms with Crippen molar-refractivity contribution in [2.45, 2.75) is 410 Å². The van der Waals surface area contributed by atoms with Crippen molar-refractivity contribution < 1.29 is 49.3 Å². The number of unbranched alkanes of at least 4 members (excludes halogenated alkanes) is 48. The third-order valence-electron chi connectivity index (χ3n) is 17.7. The summed E-state index contributed by atoms with van der Waals surface area (Å²) in [5, 5.41) is 54.3. The van der Waals surface area contributed by atoms with Crippen molar-refractivity contribution >= 4 is 11.9 Å². The molecule has 0 spiro atoms. The lowest BCUT2D eigenvalue weighted by molar-refractivity contribution is -0.302. The number of aliphatic hydroxyl groups is 5. The van der Waals surface area contributed by atoms with E-state index >= 15 is 0 Å². The van der Waals surface area contributed by atoms with Gasteiger partial charge in [-0.25, -0.2) is 0 Å². The second kappa shape index (κ2) is 64.4. The lowest BCUT2D eigenvalue weighted by atomic mass is 9.99. The van der Waals surface area contributed by atoms with Gasteiger partial charge in [0.25, 0.3) is 0 Å². The molecule has 506 valence electrons. The van der Waals surface area contributed by atoms with Gasteiger partial charge in [0.15, 0.2) is 6.29 Å². The minimum atomic E-state index is -1.57. The average Bonchev–Trinajstić information content (AvgIpc) is 3.72. The highest BCUT2D eigenvalue weighted by Gasteiger charge is 2.44. The van der Waals surface area contributed by atoms with Crippen LogP contribution in [0, 0.1) is 0 Å². The maximum Gasteiger partial charge on any atom is 0.305 e. The van der Waals surface area contributed by atoms with Crippen LogP contribution in [0.5, 0.6) is 0 Å². The number of hydrogen-bond acceptors (Lipinski definition) is 10. The van der Waals surface area contributed by atoms with E-state index in [0.29, 0.717) is 19.4 Å². The van der Waals surface area contributed by atoms with Crippen molar-refractivity contribution in [1.82, 2.24) is 5.32 Å². The van der Waals surface area contributed by atoms with Crippen molar-refractivity contribution in [2.75, 3.05) is 19.8 Å². The zero-order valence-corrected chi connectivity index (χ0v) is 56.3. The van der Waals surface area contributed by atoms with Gasteiger partial charge in [0.05, 0.1) is 32.0 Å². The minimum Gasteiger partial charge on any atom is -0.466 e. The maximum atomic E-state index is 13.0. The van der Waals surface area contributed by atoms with Gasteiger partial charge in [-0.2, -0.15) is 0 Å². The molecule has 1 fully saturated rings. The van der Waals surface area contributed by atoms with Gasteiger partial charge in [-0.1, -0.05) is 320 Å². The van der Waals surface area contributed by atoms with E-state index in [1.165, 1.54) is 289 Å². The highest BCUT2D eigenvalue weighted by atomic mass is 16.7. The normalized spacial score (nSPS) is 18.1. The van der Waals surface area contributed by atoms with E-state index in [2.05, 4.69) is 43.5 Å². The molecule has 86 heavy (non-hydrogen) atoms. The van der Waals surface area contributed by atoms with Crippen LogP contribution < -0.4 is 5.32 Å². The van der Waals surface area contributed by atoms with Gasteiger partial charge >= 0.3 is 5.97 Å². The molecule has 0 radical (unpaired) electrons. The largest absolute Gasteiger partial charge is 0.466 e. The van der Waals surface area contributed by atoms with Crippen LogP contribution >= 0.6 is 0 Å². The summed E-state index contributed by atoms with van der Waals surface area (Å²) in [6.07, 6.45) is 73.2. The van der Waals surface area contributed by atoms with Crippen LogP contribution in [0.1, 0.15) is 367 Å². The molecule has 1 rings (SSSR count). The van der Waals surface area contributed by atoms with Crippen molar-refractivity contribution in [3.05, 3.63) is 36.5 Å². The molecule has 0 aliphatic carbocycles. The predicted molar refractivity (Wildman–Crippen MR) is 361 cm³/mol. The fraction of sp³-hybridized carbons (Fsp3) is 0.893. The smallest absolute Gasteiger partial charge is 0.305 e. The van der Waals surface area contributed by atoms with Gasteiger partial charge in [0.2, 0.25) is 5.91 Å². The SMILES string of the molecule is CCCCCC/C=C/CC/C=C/C(O)C(COC1OC(CO)C(O)C(O)C1O)NC(=O)CCCCCCCCCCCCCCCCCCC/C=C\CCCCCCCCCCCCCCCCCCOC(=O)CCCCCCCCCCCCC. The fourth-order valence-corrected chi connectivity index (χ4v) is 11.9. The third kappa shape index (κ3) is 52.6. The van der Waals surface area contributed by atoms with Gasteiger partial charge in [-0.15, -0.1) is 0 Å². The summed E-state index contributed by atoms with van der Waals surface area (Å²) in [6, 6.07) is -0.823. The van der Waals surface area contributed by atoms with E-state index in [9.17, 15) is 35.1 Å². The minimum absolute atomic E-state index is 0.0151. The molecule has 11 heteroatoms. The molecule has 0 aromatic heterocycles. The standard InChI is InChI=1S/C75H141NO10/c1-3-5-7-9-11-13-42-47-51-55-59-63-71(80)84-64-60-56-52-48-44-41-39-37-35-33-31-29-27-25-23-21-19-17-15-16-18-20-22-24-26-28-30-32-34-36-38-40-43-46-50-54-58-62-70(79)76-67(66-85-75-74(83)73(82)72(81)69(65-77)86-75)68(78)61-57-53-49-45-14-12-10-8-6-4-2/h14-15,17,45,57,61,67-69,72-75,77-78,81-83H,3-13,16,18-44,46-56,58-60,62-66H2,1-2H3,(H,76,79)/b17-15-,45-14+,61-57+. The van der Waals surface area contributed by atoms with E-state index in [0.717, 1.165) is 51.4 Å². The molecule has 0 saturated carbocycles. The number of rotatable bonds is 66. The Balaban J connectivity index is 1.89. The van der Waals surface area contributed by atoms with Crippen LogP contribution in [-0.4, -0.2) is 100 Å². The first-order chi connectivity index (χ1) is 42.2. The van der Waals surface area contributed by atoms with Crippen LogP contribution in [0.15, 0.2) is 36.5 Å². The second-order valence-electron chi connectivity index (χ2n) is 26.0. The molecule has 1 saturated heterocycles. The van der Waals surface area contributed by atoms with Crippen LogP contribution in [0.4, 0.5) is 0 Å². The summed E-state index contributed by atoms with van der Waals surface area (Å²) in [7, 11) is 0. The van der Waals surface area contributed by atoms with Crippen LogP contribution in [-0.2, 0) is 23.8 Å².